The van der Waals surface area contributed by atoms with Crippen molar-refractivity contribution in [2.45, 2.75) is 20.4 Å². The molecule has 0 spiro atoms. The summed E-state index contributed by atoms with van der Waals surface area (Å²) in [5, 5.41) is 8.92. The quantitative estimate of drug-likeness (QED) is 0.780. The lowest BCUT2D eigenvalue weighted by Crippen LogP contribution is -2.29. The Balaban J connectivity index is 2.59. The molecule has 0 bridgehead atoms. The Labute approximate surface area is 96.3 Å². The van der Waals surface area contributed by atoms with Gasteiger partial charge < -0.3 is 4.90 Å². The fourth-order valence-corrected chi connectivity index (χ4v) is 1.71. The highest BCUT2D eigenvalue weighted by molar-refractivity contribution is 5.16. The van der Waals surface area contributed by atoms with E-state index in [1.54, 1.807) is 6.07 Å². The van der Waals surface area contributed by atoms with Crippen LogP contribution in [0.3, 0.4) is 0 Å². The van der Waals surface area contributed by atoms with E-state index in [0.717, 1.165) is 5.56 Å². The molecule has 0 aliphatic carbocycles. The van der Waals surface area contributed by atoms with Crippen LogP contribution in [-0.4, -0.2) is 18.5 Å². The highest BCUT2D eigenvalue weighted by atomic mass is 19.1. The third kappa shape index (κ3) is 4.00. The van der Waals surface area contributed by atoms with Gasteiger partial charge in [-0.05, 0) is 38.6 Å². The summed E-state index contributed by atoms with van der Waals surface area (Å²) in [7, 11) is 1.93. The maximum absolute atomic E-state index is 13.0. The van der Waals surface area contributed by atoms with Crippen molar-refractivity contribution in [1.82, 2.24) is 4.90 Å². The topological polar surface area (TPSA) is 27.0 Å². The van der Waals surface area contributed by atoms with E-state index in [9.17, 15) is 4.39 Å². The van der Waals surface area contributed by atoms with Gasteiger partial charge in [0.2, 0.25) is 0 Å². The zero-order chi connectivity index (χ0) is 12.2. The summed E-state index contributed by atoms with van der Waals surface area (Å²) in [5.41, 5.74) is 0.554. The maximum Gasteiger partial charge on any atom is 0.123 e. The van der Waals surface area contributed by atoms with Crippen LogP contribution in [0.15, 0.2) is 24.3 Å². The van der Waals surface area contributed by atoms with E-state index in [0.29, 0.717) is 13.1 Å². The standard InChI is InChI=1S/C13H17FN2/c1-13(2,9-15)10-16(3)8-11-5-4-6-12(14)7-11/h4-7H,8,10H2,1-3H3. The second-order valence-corrected chi connectivity index (χ2v) is 4.80. The zero-order valence-electron chi connectivity index (χ0n) is 10.00. The number of rotatable bonds is 4. The number of halogens is 1. The average Bonchev–Trinajstić information content (AvgIpc) is 2.16. The maximum atomic E-state index is 13.0. The van der Waals surface area contributed by atoms with Gasteiger partial charge in [-0.1, -0.05) is 12.1 Å². The lowest BCUT2D eigenvalue weighted by Gasteiger charge is -2.24. The predicted octanol–water partition coefficient (Wildman–Crippen LogP) is 2.81. The molecule has 86 valence electrons. The van der Waals surface area contributed by atoms with Crippen LogP contribution in [0, 0.1) is 22.6 Å². The van der Waals surface area contributed by atoms with Crippen LogP contribution in [0.25, 0.3) is 0 Å². The summed E-state index contributed by atoms with van der Waals surface area (Å²) < 4.78 is 13.0. The first kappa shape index (κ1) is 12.7. The van der Waals surface area contributed by atoms with Crippen LogP contribution >= 0.6 is 0 Å². The van der Waals surface area contributed by atoms with E-state index in [-0.39, 0.29) is 11.2 Å². The van der Waals surface area contributed by atoms with Gasteiger partial charge in [-0.15, -0.1) is 0 Å². The molecule has 0 saturated heterocycles. The molecule has 1 aromatic rings. The first-order valence-electron chi connectivity index (χ1n) is 5.27. The van der Waals surface area contributed by atoms with Gasteiger partial charge in [0.15, 0.2) is 0 Å². The largest absolute Gasteiger partial charge is 0.301 e. The molecule has 0 atom stereocenters. The third-order valence-electron chi connectivity index (χ3n) is 2.31. The summed E-state index contributed by atoms with van der Waals surface area (Å²) in [6.07, 6.45) is 0. The Morgan fingerprint density at radius 1 is 1.44 bits per heavy atom. The molecule has 0 radical (unpaired) electrons. The van der Waals surface area contributed by atoms with Gasteiger partial charge in [-0.3, -0.25) is 0 Å². The molecule has 3 heteroatoms. The fourth-order valence-electron chi connectivity index (χ4n) is 1.71. The van der Waals surface area contributed by atoms with E-state index >= 15 is 0 Å². The van der Waals surface area contributed by atoms with Crippen LogP contribution < -0.4 is 0 Å². The molecule has 0 aliphatic rings. The van der Waals surface area contributed by atoms with Crippen molar-refractivity contribution in [2.24, 2.45) is 5.41 Å². The van der Waals surface area contributed by atoms with Gasteiger partial charge in [-0.2, -0.15) is 5.26 Å². The third-order valence-corrected chi connectivity index (χ3v) is 2.31. The Morgan fingerprint density at radius 2 is 2.12 bits per heavy atom. The van der Waals surface area contributed by atoms with E-state index in [2.05, 4.69) is 6.07 Å². The fraction of sp³-hybridized carbons (Fsp3) is 0.462. The molecule has 0 aliphatic heterocycles. The summed E-state index contributed by atoms with van der Waals surface area (Å²) >= 11 is 0. The van der Waals surface area contributed by atoms with Crippen molar-refractivity contribution < 1.29 is 4.39 Å². The van der Waals surface area contributed by atoms with Gasteiger partial charge in [0.1, 0.15) is 5.82 Å². The summed E-state index contributed by atoms with van der Waals surface area (Å²) in [5.74, 6) is -0.217. The molecule has 0 aromatic heterocycles. The Hall–Kier alpha value is -1.40. The van der Waals surface area contributed by atoms with E-state index in [1.165, 1.54) is 12.1 Å². The van der Waals surface area contributed by atoms with Crippen LogP contribution in [-0.2, 0) is 6.54 Å². The van der Waals surface area contributed by atoms with E-state index in [4.69, 9.17) is 5.26 Å². The van der Waals surface area contributed by atoms with Gasteiger partial charge in [0.05, 0.1) is 11.5 Å². The van der Waals surface area contributed by atoms with Gasteiger partial charge in [-0.25, -0.2) is 4.39 Å². The molecule has 0 heterocycles. The number of benzene rings is 1. The highest BCUT2D eigenvalue weighted by Gasteiger charge is 2.19. The average molecular weight is 220 g/mol. The molecule has 0 amide bonds. The lowest BCUT2D eigenvalue weighted by molar-refractivity contribution is 0.248. The number of nitriles is 1. The molecular formula is C13H17FN2. The summed E-state index contributed by atoms with van der Waals surface area (Å²) in [4.78, 5) is 2.03. The van der Waals surface area contributed by atoms with Crippen LogP contribution in [0.5, 0.6) is 0 Å². The molecule has 0 fully saturated rings. The highest BCUT2D eigenvalue weighted by Crippen LogP contribution is 2.16. The molecule has 1 rings (SSSR count). The summed E-state index contributed by atoms with van der Waals surface area (Å²) in [6.45, 7) is 5.12. The monoisotopic (exact) mass is 220 g/mol. The van der Waals surface area contributed by atoms with E-state index in [1.807, 2.05) is 31.9 Å². The SMILES string of the molecule is CN(Cc1cccc(F)c1)CC(C)(C)C#N. The minimum Gasteiger partial charge on any atom is -0.301 e. The van der Waals surface area contributed by atoms with E-state index < -0.39 is 0 Å². The van der Waals surface area contributed by atoms with Crippen LogP contribution in [0.2, 0.25) is 0 Å². The first-order chi connectivity index (χ1) is 7.43. The Bertz CT molecular complexity index is 393. The smallest absolute Gasteiger partial charge is 0.123 e. The molecule has 0 N–H and O–H groups in total. The second-order valence-electron chi connectivity index (χ2n) is 4.80. The van der Waals surface area contributed by atoms with Crippen LogP contribution in [0.4, 0.5) is 4.39 Å². The van der Waals surface area contributed by atoms with Crippen LogP contribution in [0.1, 0.15) is 19.4 Å². The van der Waals surface area contributed by atoms with Crippen molar-refractivity contribution in [3.8, 4) is 6.07 Å². The minimum absolute atomic E-state index is 0.217. The zero-order valence-corrected chi connectivity index (χ0v) is 10.00. The molecule has 0 unspecified atom stereocenters. The molecule has 2 nitrogen and oxygen atoms in total. The van der Waals surface area contributed by atoms with Gasteiger partial charge in [0, 0.05) is 13.1 Å². The second kappa shape index (κ2) is 5.09. The lowest BCUT2D eigenvalue weighted by atomic mass is 9.95. The molecule has 0 saturated carbocycles. The first-order valence-corrected chi connectivity index (χ1v) is 5.27. The molecule has 16 heavy (non-hydrogen) atoms. The van der Waals surface area contributed by atoms with Gasteiger partial charge in [0.25, 0.3) is 0 Å². The molecule has 1 aromatic carbocycles. The number of nitrogens with zero attached hydrogens (tertiary/aromatic N) is 2. The van der Waals surface area contributed by atoms with Gasteiger partial charge >= 0.3 is 0 Å². The van der Waals surface area contributed by atoms with Crippen molar-refractivity contribution in [1.29, 1.82) is 5.26 Å². The summed E-state index contributed by atoms with van der Waals surface area (Å²) in [6, 6.07) is 8.80. The Kier molecular flexibility index (Phi) is 4.03. The normalized spacial score (nSPS) is 11.5. The number of hydrogen-bond acceptors (Lipinski definition) is 2. The number of hydrogen-bond donors (Lipinski definition) is 0. The predicted molar refractivity (Wildman–Crippen MR) is 62.1 cm³/mol. The van der Waals surface area contributed by atoms with Crippen molar-refractivity contribution in [2.75, 3.05) is 13.6 Å². The van der Waals surface area contributed by atoms with Crippen molar-refractivity contribution >= 4 is 0 Å². The minimum atomic E-state index is -0.373. The van der Waals surface area contributed by atoms with Crippen molar-refractivity contribution in [3.05, 3.63) is 35.6 Å². The Morgan fingerprint density at radius 3 is 2.69 bits per heavy atom. The van der Waals surface area contributed by atoms with Crippen molar-refractivity contribution in [3.63, 3.8) is 0 Å². The molecular weight excluding hydrogens is 203 g/mol.